The number of thiophene rings is 1. The second kappa shape index (κ2) is 2.31. The highest BCUT2D eigenvalue weighted by Crippen LogP contribution is 2.12. The lowest BCUT2D eigenvalue weighted by atomic mass is 10.2. The molecule has 1 rings (SSSR count). The summed E-state index contributed by atoms with van der Waals surface area (Å²) in [5, 5.41) is 5.32. The minimum Gasteiger partial charge on any atom is -0.142 e. The van der Waals surface area contributed by atoms with Crippen LogP contribution < -0.4 is 0 Å². The van der Waals surface area contributed by atoms with Gasteiger partial charge in [0.2, 0.25) is 0 Å². The topological polar surface area (TPSA) is 0 Å². The molecule has 0 aliphatic carbocycles. The molecule has 0 amide bonds. The third-order valence-corrected chi connectivity index (χ3v) is 2.10. The van der Waals surface area contributed by atoms with Crippen LogP contribution in [-0.2, 0) is 6.42 Å². The zero-order valence-corrected chi connectivity index (χ0v) is 6.01. The van der Waals surface area contributed by atoms with Gasteiger partial charge in [0, 0.05) is 5.38 Å². The smallest absolute Gasteiger partial charge is 0.0477 e. The zero-order chi connectivity index (χ0) is 5.98. The molecule has 0 fully saturated rings. The Bertz CT molecular complexity index is 165. The highest BCUT2D eigenvalue weighted by atomic mass is 32.1. The Balaban J connectivity index is 2.92. The summed E-state index contributed by atoms with van der Waals surface area (Å²) < 4.78 is 0. The minimum atomic E-state index is 1.14. The fourth-order valence-electron chi connectivity index (χ4n) is 0.691. The van der Waals surface area contributed by atoms with E-state index in [1.54, 1.807) is 11.3 Å². The molecule has 43 valence electrons. The number of hydrogen-bond acceptors (Lipinski definition) is 1. The van der Waals surface area contributed by atoms with Gasteiger partial charge in [0.25, 0.3) is 0 Å². The second-order valence-electron chi connectivity index (χ2n) is 1.84. The molecule has 0 aromatic carbocycles. The van der Waals surface area contributed by atoms with Crippen LogP contribution in [0, 0.1) is 12.3 Å². The third-order valence-electron chi connectivity index (χ3n) is 1.28. The molecule has 0 aliphatic heterocycles. The summed E-state index contributed by atoms with van der Waals surface area (Å²) in [6.07, 6.45) is 1.14. The van der Waals surface area contributed by atoms with Crippen molar-refractivity contribution >= 4 is 11.3 Å². The largest absolute Gasteiger partial charge is 0.142 e. The lowest BCUT2D eigenvalue weighted by molar-refractivity contribution is 1.13. The van der Waals surface area contributed by atoms with E-state index in [-0.39, 0.29) is 0 Å². The van der Waals surface area contributed by atoms with E-state index in [4.69, 9.17) is 0 Å². The van der Waals surface area contributed by atoms with Crippen molar-refractivity contribution in [3.63, 3.8) is 0 Å². The van der Waals surface area contributed by atoms with Gasteiger partial charge in [0.05, 0.1) is 0 Å². The Morgan fingerprint density at radius 2 is 2.50 bits per heavy atom. The van der Waals surface area contributed by atoms with Crippen molar-refractivity contribution in [1.82, 2.24) is 0 Å². The van der Waals surface area contributed by atoms with E-state index in [1.807, 2.05) is 0 Å². The summed E-state index contributed by atoms with van der Waals surface area (Å²) in [6.45, 7) is 4.28. The van der Waals surface area contributed by atoms with Crippen molar-refractivity contribution in [2.24, 2.45) is 0 Å². The number of aryl methyl sites for hydroxylation is 2. The van der Waals surface area contributed by atoms with Crippen LogP contribution >= 0.6 is 11.3 Å². The van der Waals surface area contributed by atoms with Gasteiger partial charge in [0.15, 0.2) is 0 Å². The fourth-order valence-corrected chi connectivity index (χ4v) is 1.54. The molecular weight excluding hydrogens is 116 g/mol. The van der Waals surface area contributed by atoms with Gasteiger partial charge >= 0.3 is 0 Å². The molecule has 0 saturated carbocycles. The first-order chi connectivity index (χ1) is 3.84. The maximum absolute atomic E-state index is 3.16. The van der Waals surface area contributed by atoms with Gasteiger partial charge in [-0.3, -0.25) is 0 Å². The van der Waals surface area contributed by atoms with Crippen LogP contribution in [0.3, 0.4) is 0 Å². The molecule has 0 saturated heterocycles. The summed E-state index contributed by atoms with van der Waals surface area (Å²) in [6, 6.07) is 0. The van der Waals surface area contributed by atoms with Crippen LogP contribution in [0.5, 0.6) is 0 Å². The maximum atomic E-state index is 3.16. The molecule has 1 aromatic rings. The van der Waals surface area contributed by atoms with Crippen LogP contribution in [0.2, 0.25) is 0 Å². The first kappa shape index (κ1) is 5.83. The van der Waals surface area contributed by atoms with Gasteiger partial charge in [-0.25, -0.2) is 0 Å². The highest BCUT2D eigenvalue weighted by molar-refractivity contribution is 7.07. The summed E-state index contributed by atoms with van der Waals surface area (Å²) >= 11 is 1.67. The second-order valence-corrected chi connectivity index (χ2v) is 2.52. The van der Waals surface area contributed by atoms with Crippen molar-refractivity contribution in [3.05, 3.63) is 21.9 Å². The van der Waals surface area contributed by atoms with E-state index >= 15 is 0 Å². The Kier molecular flexibility index (Phi) is 1.69. The van der Waals surface area contributed by atoms with Crippen molar-refractivity contribution in [3.8, 4) is 0 Å². The van der Waals surface area contributed by atoms with Gasteiger partial charge in [0.1, 0.15) is 0 Å². The Morgan fingerprint density at radius 1 is 1.75 bits per heavy atom. The quantitative estimate of drug-likeness (QED) is 0.540. The Labute approximate surface area is 54.2 Å². The SMILES string of the molecule is CCc1cs[c]c1C. The summed E-state index contributed by atoms with van der Waals surface area (Å²) in [4.78, 5) is 0. The molecule has 0 unspecified atom stereocenters. The van der Waals surface area contributed by atoms with Crippen molar-refractivity contribution in [2.45, 2.75) is 20.3 Å². The van der Waals surface area contributed by atoms with Crippen LogP contribution in [0.1, 0.15) is 18.1 Å². The Morgan fingerprint density at radius 3 is 2.75 bits per heavy atom. The van der Waals surface area contributed by atoms with Crippen LogP contribution in [0.15, 0.2) is 5.38 Å². The molecule has 8 heavy (non-hydrogen) atoms. The summed E-state index contributed by atoms with van der Waals surface area (Å²) in [7, 11) is 0. The number of hydrogen-bond donors (Lipinski definition) is 0. The lowest BCUT2D eigenvalue weighted by Crippen LogP contribution is -1.75. The van der Waals surface area contributed by atoms with Crippen molar-refractivity contribution < 1.29 is 0 Å². The van der Waals surface area contributed by atoms with E-state index in [9.17, 15) is 0 Å². The highest BCUT2D eigenvalue weighted by Gasteiger charge is 1.93. The third kappa shape index (κ3) is 0.920. The van der Waals surface area contributed by atoms with E-state index in [1.165, 1.54) is 11.1 Å². The lowest BCUT2D eigenvalue weighted by Gasteiger charge is -1.87. The molecule has 1 heterocycles. The fraction of sp³-hybridized carbons (Fsp3) is 0.429. The molecule has 0 aliphatic rings. The average molecular weight is 125 g/mol. The Hall–Kier alpha value is -0.300. The number of rotatable bonds is 1. The molecule has 0 bridgehead atoms. The molecule has 0 N–H and O–H groups in total. The normalized spacial score (nSPS) is 9.75. The van der Waals surface area contributed by atoms with Crippen LogP contribution in [0.25, 0.3) is 0 Å². The molecule has 0 atom stereocenters. The molecule has 1 aromatic heterocycles. The zero-order valence-electron chi connectivity index (χ0n) is 5.19. The van der Waals surface area contributed by atoms with E-state index in [2.05, 4.69) is 24.6 Å². The van der Waals surface area contributed by atoms with E-state index in [0.717, 1.165) is 6.42 Å². The maximum Gasteiger partial charge on any atom is 0.0477 e. The van der Waals surface area contributed by atoms with Crippen molar-refractivity contribution in [1.29, 1.82) is 0 Å². The predicted molar refractivity (Wildman–Crippen MR) is 37.3 cm³/mol. The average Bonchev–Trinajstić information content (AvgIpc) is 2.14. The van der Waals surface area contributed by atoms with Gasteiger partial charge in [-0.05, 0) is 29.9 Å². The minimum absolute atomic E-state index is 1.14. The van der Waals surface area contributed by atoms with Gasteiger partial charge in [-0.15, -0.1) is 11.3 Å². The molecule has 1 radical (unpaired) electrons. The molecule has 0 spiro atoms. The van der Waals surface area contributed by atoms with Crippen LogP contribution in [0.4, 0.5) is 0 Å². The first-order valence-electron chi connectivity index (χ1n) is 2.79. The molecule has 0 nitrogen and oxygen atoms in total. The van der Waals surface area contributed by atoms with Crippen molar-refractivity contribution in [2.75, 3.05) is 0 Å². The van der Waals surface area contributed by atoms with Gasteiger partial charge < -0.3 is 0 Å². The van der Waals surface area contributed by atoms with E-state index < -0.39 is 0 Å². The first-order valence-corrected chi connectivity index (χ1v) is 3.67. The monoisotopic (exact) mass is 125 g/mol. The predicted octanol–water partition coefficient (Wildman–Crippen LogP) is 2.42. The molecular formula is C7H9S. The van der Waals surface area contributed by atoms with Crippen LogP contribution in [-0.4, -0.2) is 0 Å². The summed E-state index contributed by atoms with van der Waals surface area (Å²) in [5.74, 6) is 0. The van der Waals surface area contributed by atoms with E-state index in [0.29, 0.717) is 0 Å². The van der Waals surface area contributed by atoms with Gasteiger partial charge in [-0.1, -0.05) is 6.92 Å². The van der Waals surface area contributed by atoms with Gasteiger partial charge in [-0.2, -0.15) is 0 Å². The standard InChI is InChI=1S/C7H9S/c1-3-7-5-8-4-6(7)2/h5H,3H2,1-2H3. The molecule has 1 heteroatoms. The summed E-state index contributed by atoms with van der Waals surface area (Å²) in [5.41, 5.74) is 2.76.